The number of halogens is 2. The monoisotopic (exact) mass is 507 g/mol. The van der Waals surface area contributed by atoms with E-state index in [0.717, 1.165) is 14.8 Å². The number of nitrogens with zero attached hydrogens (tertiary/aromatic N) is 1. The molecule has 0 N–H and O–H groups in total. The van der Waals surface area contributed by atoms with Crippen molar-refractivity contribution in [3.8, 4) is 0 Å². The van der Waals surface area contributed by atoms with Gasteiger partial charge < -0.3 is 4.18 Å². The fourth-order valence-electron chi connectivity index (χ4n) is 3.13. The van der Waals surface area contributed by atoms with Crippen molar-refractivity contribution in [1.29, 1.82) is 0 Å². The third-order valence-corrected chi connectivity index (χ3v) is 9.12. The number of pyridine rings is 1. The standard InChI is InChI=1S/C22H23Br2NOS/c1-22(2,3)27(18-10-6-4-7-11-18,19-12-8-5-9-13-19)26-16-17-14-20(23)25-21(24)15-17/h4-15H,16H2,1-3H3. The van der Waals surface area contributed by atoms with Crippen LogP contribution >= 0.6 is 42.2 Å². The minimum Gasteiger partial charge on any atom is -0.323 e. The van der Waals surface area contributed by atoms with E-state index < -0.39 is 10.3 Å². The normalized spacial score (nSPS) is 12.8. The van der Waals surface area contributed by atoms with Gasteiger partial charge in [0.15, 0.2) is 0 Å². The van der Waals surface area contributed by atoms with E-state index >= 15 is 0 Å². The molecule has 0 radical (unpaired) electrons. The summed E-state index contributed by atoms with van der Waals surface area (Å²) in [6, 6.07) is 25.2. The largest absolute Gasteiger partial charge is 0.323 e. The van der Waals surface area contributed by atoms with Crippen LogP contribution in [0.25, 0.3) is 0 Å². The third-order valence-electron chi connectivity index (χ3n) is 4.24. The van der Waals surface area contributed by atoms with Gasteiger partial charge in [-0.05, 0) is 94.6 Å². The maximum Gasteiger partial charge on any atom is 0.107 e. The molecular formula is C22H23Br2NOS. The Kier molecular flexibility index (Phi) is 6.46. The second-order valence-corrected chi connectivity index (χ2v) is 12.3. The van der Waals surface area contributed by atoms with Crippen molar-refractivity contribution in [1.82, 2.24) is 4.98 Å². The van der Waals surface area contributed by atoms with Gasteiger partial charge in [-0.25, -0.2) is 4.98 Å². The predicted octanol–water partition coefficient (Wildman–Crippen LogP) is 7.76. The molecule has 3 aromatic rings. The molecule has 0 saturated carbocycles. The topological polar surface area (TPSA) is 22.1 Å². The second kappa shape index (κ2) is 8.48. The quantitative estimate of drug-likeness (QED) is 0.328. The van der Waals surface area contributed by atoms with Gasteiger partial charge in [0.1, 0.15) is 9.21 Å². The van der Waals surface area contributed by atoms with E-state index in [1.165, 1.54) is 9.79 Å². The number of benzene rings is 2. The Balaban J connectivity index is 2.11. The molecule has 0 aliphatic heterocycles. The first kappa shape index (κ1) is 20.6. The molecule has 0 atom stereocenters. The maximum atomic E-state index is 6.88. The lowest BCUT2D eigenvalue weighted by atomic mass is 10.3. The summed E-state index contributed by atoms with van der Waals surface area (Å²) in [5.41, 5.74) is 1.08. The van der Waals surface area contributed by atoms with Crippen LogP contribution in [-0.2, 0) is 10.8 Å². The lowest BCUT2D eigenvalue weighted by Crippen LogP contribution is -2.27. The summed E-state index contributed by atoms with van der Waals surface area (Å²) in [5, 5.41) is 0. The van der Waals surface area contributed by atoms with E-state index in [-0.39, 0.29) is 4.75 Å². The van der Waals surface area contributed by atoms with Gasteiger partial charge in [-0.2, -0.15) is 0 Å². The summed E-state index contributed by atoms with van der Waals surface area (Å²) in [5.74, 6) is 0. The summed E-state index contributed by atoms with van der Waals surface area (Å²) < 4.78 is 8.39. The molecule has 3 rings (SSSR count). The van der Waals surface area contributed by atoms with E-state index in [1.807, 2.05) is 12.1 Å². The summed E-state index contributed by atoms with van der Waals surface area (Å²) in [6.07, 6.45) is 0. The molecule has 0 bridgehead atoms. The zero-order valence-electron chi connectivity index (χ0n) is 15.7. The van der Waals surface area contributed by atoms with Gasteiger partial charge in [0.2, 0.25) is 0 Å². The molecule has 1 aromatic heterocycles. The lowest BCUT2D eigenvalue weighted by Gasteiger charge is -2.50. The highest BCUT2D eigenvalue weighted by Crippen LogP contribution is 2.71. The molecule has 1 heterocycles. The van der Waals surface area contributed by atoms with E-state index in [4.69, 9.17) is 4.18 Å². The van der Waals surface area contributed by atoms with Crippen LogP contribution in [0.5, 0.6) is 0 Å². The zero-order chi connectivity index (χ0) is 19.5. The fraction of sp³-hybridized carbons (Fsp3) is 0.227. The third kappa shape index (κ3) is 4.48. The van der Waals surface area contributed by atoms with E-state index in [2.05, 4.69) is 118 Å². The molecule has 0 fully saturated rings. The van der Waals surface area contributed by atoms with Crippen LogP contribution in [0.1, 0.15) is 26.3 Å². The predicted molar refractivity (Wildman–Crippen MR) is 121 cm³/mol. The van der Waals surface area contributed by atoms with Crippen molar-refractivity contribution >= 4 is 42.2 Å². The molecule has 27 heavy (non-hydrogen) atoms. The molecule has 0 aliphatic carbocycles. The number of hydrogen-bond acceptors (Lipinski definition) is 2. The van der Waals surface area contributed by atoms with Gasteiger partial charge >= 0.3 is 0 Å². The Bertz CT molecular complexity index is 835. The minimum atomic E-state index is -1.74. The van der Waals surface area contributed by atoms with Crippen LogP contribution in [0.15, 0.2) is 91.8 Å². The van der Waals surface area contributed by atoms with Gasteiger partial charge in [-0.15, -0.1) is 0 Å². The van der Waals surface area contributed by atoms with Gasteiger partial charge in [-0.3, -0.25) is 0 Å². The van der Waals surface area contributed by atoms with E-state index in [0.29, 0.717) is 6.61 Å². The Morgan fingerprint density at radius 3 is 1.67 bits per heavy atom. The number of hydrogen-bond donors (Lipinski definition) is 0. The van der Waals surface area contributed by atoms with Gasteiger partial charge in [-0.1, -0.05) is 46.7 Å². The average Bonchev–Trinajstić information content (AvgIpc) is 2.62. The molecule has 2 aromatic carbocycles. The van der Waals surface area contributed by atoms with E-state index in [9.17, 15) is 0 Å². The van der Waals surface area contributed by atoms with Crippen molar-refractivity contribution in [2.45, 2.75) is 41.9 Å². The second-order valence-electron chi connectivity index (χ2n) is 7.18. The molecule has 0 amide bonds. The molecule has 5 heteroatoms. The Labute approximate surface area is 180 Å². The molecule has 142 valence electrons. The van der Waals surface area contributed by atoms with Crippen molar-refractivity contribution in [2.24, 2.45) is 0 Å². The van der Waals surface area contributed by atoms with Crippen LogP contribution in [0.3, 0.4) is 0 Å². The maximum absolute atomic E-state index is 6.88. The fourth-order valence-corrected chi connectivity index (χ4v) is 8.05. The molecule has 0 aliphatic rings. The first-order valence-electron chi connectivity index (χ1n) is 8.72. The van der Waals surface area contributed by atoms with Crippen molar-refractivity contribution in [3.05, 3.63) is 87.6 Å². The molecular weight excluding hydrogens is 486 g/mol. The number of rotatable bonds is 5. The highest BCUT2D eigenvalue weighted by Gasteiger charge is 2.41. The van der Waals surface area contributed by atoms with E-state index in [1.54, 1.807) is 0 Å². The number of aromatic nitrogens is 1. The van der Waals surface area contributed by atoms with Gasteiger partial charge in [0.25, 0.3) is 0 Å². The lowest BCUT2D eigenvalue weighted by molar-refractivity contribution is 0.332. The van der Waals surface area contributed by atoms with Crippen LogP contribution < -0.4 is 0 Å². The molecule has 0 spiro atoms. The summed E-state index contributed by atoms with van der Waals surface area (Å²) in [7, 11) is -1.74. The molecule has 0 saturated heterocycles. The van der Waals surface area contributed by atoms with Crippen molar-refractivity contribution in [2.75, 3.05) is 0 Å². The van der Waals surface area contributed by atoms with Gasteiger partial charge in [0, 0.05) is 14.5 Å². The van der Waals surface area contributed by atoms with Crippen LogP contribution in [0, 0.1) is 0 Å². The highest BCUT2D eigenvalue weighted by atomic mass is 79.9. The first-order chi connectivity index (χ1) is 12.8. The Morgan fingerprint density at radius 1 is 0.815 bits per heavy atom. The minimum absolute atomic E-state index is 0.0861. The zero-order valence-corrected chi connectivity index (χ0v) is 19.6. The Hall–Kier alpha value is -1.14. The smallest absolute Gasteiger partial charge is 0.107 e. The van der Waals surface area contributed by atoms with Crippen LogP contribution in [0.2, 0.25) is 0 Å². The van der Waals surface area contributed by atoms with Crippen molar-refractivity contribution < 1.29 is 4.18 Å². The summed E-state index contributed by atoms with van der Waals surface area (Å²) >= 11 is 6.95. The summed E-state index contributed by atoms with van der Waals surface area (Å²) in [4.78, 5) is 6.79. The first-order valence-corrected chi connectivity index (χ1v) is 11.9. The van der Waals surface area contributed by atoms with Gasteiger partial charge in [0.05, 0.1) is 6.61 Å². The average molecular weight is 509 g/mol. The summed E-state index contributed by atoms with van der Waals surface area (Å²) in [6.45, 7) is 7.30. The highest BCUT2D eigenvalue weighted by molar-refractivity contribution is 9.11. The van der Waals surface area contributed by atoms with Crippen LogP contribution in [0.4, 0.5) is 0 Å². The Morgan fingerprint density at radius 2 is 1.26 bits per heavy atom. The molecule has 2 nitrogen and oxygen atoms in total. The van der Waals surface area contributed by atoms with Crippen molar-refractivity contribution in [3.63, 3.8) is 0 Å². The van der Waals surface area contributed by atoms with Crippen LogP contribution in [-0.4, -0.2) is 9.73 Å². The SMILES string of the molecule is CC(C)(C)S(OCc1cc(Br)nc(Br)c1)(c1ccccc1)c1ccccc1. The molecule has 0 unspecified atom stereocenters.